The first-order chi connectivity index (χ1) is 11.8. The monoisotopic (exact) mass is 324 g/mol. The predicted molar refractivity (Wildman–Crippen MR) is 88.0 cm³/mol. The molecule has 3 aromatic rings. The van der Waals surface area contributed by atoms with Gasteiger partial charge in [0, 0.05) is 6.42 Å². The van der Waals surface area contributed by atoms with Crippen molar-refractivity contribution in [3.63, 3.8) is 0 Å². The van der Waals surface area contributed by atoms with E-state index in [1.165, 1.54) is 0 Å². The number of rotatable bonds is 5. The predicted octanol–water partition coefficient (Wildman–Crippen LogP) is 3.99. The van der Waals surface area contributed by atoms with Crippen molar-refractivity contribution in [3.8, 4) is 17.2 Å². The molecule has 0 spiro atoms. The average Bonchev–Trinajstić information content (AvgIpc) is 3.26. The van der Waals surface area contributed by atoms with Crippen LogP contribution in [0.4, 0.5) is 0 Å². The van der Waals surface area contributed by atoms with Gasteiger partial charge in [-0.05, 0) is 42.3 Å². The quantitative estimate of drug-likeness (QED) is 0.664. The van der Waals surface area contributed by atoms with Crippen LogP contribution in [0.1, 0.15) is 22.3 Å². The van der Waals surface area contributed by atoms with E-state index in [0.717, 1.165) is 22.4 Å². The average molecular weight is 324 g/mol. The summed E-state index contributed by atoms with van der Waals surface area (Å²) in [6.07, 6.45) is 2.61. The Morgan fingerprint density at radius 3 is 2.88 bits per heavy atom. The Kier molecular flexibility index (Phi) is 3.61. The molecular formula is C19H16O5. The van der Waals surface area contributed by atoms with Gasteiger partial charge in [-0.25, -0.2) is 0 Å². The maximum Gasteiger partial charge on any atom is 0.231 e. The van der Waals surface area contributed by atoms with Gasteiger partial charge < -0.3 is 18.6 Å². The molecule has 0 amide bonds. The summed E-state index contributed by atoms with van der Waals surface area (Å²) in [5, 5.41) is 0.812. The number of carbonyl (C=O) groups excluding carboxylic acids is 1. The van der Waals surface area contributed by atoms with Crippen LogP contribution in [0.5, 0.6) is 17.2 Å². The number of Topliss-reactive ketones (excluding diaryl/α,β-unsaturated/α-hetero) is 1. The fraction of sp³-hybridized carbons (Fsp3) is 0.211. The van der Waals surface area contributed by atoms with Crippen molar-refractivity contribution in [2.75, 3.05) is 13.9 Å². The van der Waals surface area contributed by atoms with E-state index in [1.54, 1.807) is 25.5 Å². The second-order valence-corrected chi connectivity index (χ2v) is 5.59. The van der Waals surface area contributed by atoms with Crippen LogP contribution in [0.3, 0.4) is 0 Å². The first-order valence-corrected chi connectivity index (χ1v) is 7.72. The van der Waals surface area contributed by atoms with Gasteiger partial charge in [0.15, 0.2) is 17.3 Å². The summed E-state index contributed by atoms with van der Waals surface area (Å²) >= 11 is 0. The lowest BCUT2D eigenvalue weighted by molar-refractivity contribution is 0.0980. The van der Waals surface area contributed by atoms with Gasteiger partial charge in [0.05, 0.1) is 24.3 Å². The van der Waals surface area contributed by atoms with Crippen LogP contribution >= 0.6 is 0 Å². The van der Waals surface area contributed by atoms with Crippen LogP contribution in [-0.2, 0) is 6.42 Å². The lowest BCUT2D eigenvalue weighted by Crippen LogP contribution is -2.04. The number of methoxy groups -OCH3 is 1. The summed E-state index contributed by atoms with van der Waals surface area (Å²) in [7, 11) is 1.57. The number of carbonyl (C=O) groups is 1. The van der Waals surface area contributed by atoms with Crippen molar-refractivity contribution in [2.45, 2.75) is 12.8 Å². The van der Waals surface area contributed by atoms with Crippen LogP contribution in [0.2, 0.25) is 0 Å². The van der Waals surface area contributed by atoms with E-state index in [2.05, 4.69) is 0 Å². The second-order valence-electron chi connectivity index (χ2n) is 5.59. The number of fused-ring (bicyclic) bond motifs is 2. The third-order valence-corrected chi connectivity index (χ3v) is 4.17. The first kappa shape index (κ1) is 14.6. The lowest BCUT2D eigenvalue weighted by Gasteiger charge is -2.09. The molecule has 5 nitrogen and oxygen atoms in total. The molecule has 1 aliphatic rings. The summed E-state index contributed by atoms with van der Waals surface area (Å²) in [4.78, 5) is 12.6. The molecule has 4 rings (SSSR count). The van der Waals surface area contributed by atoms with Gasteiger partial charge in [-0.3, -0.25) is 4.79 Å². The Morgan fingerprint density at radius 2 is 2.00 bits per heavy atom. The Hall–Kier alpha value is -2.95. The van der Waals surface area contributed by atoms with Crippen LogP contribution in [0, 0.1) is 0 Å². The largest absolute Gasteiger partial charge is 0.495 e. The molecule has 0 N–H and O–H groups in total. The highest BCUT2D eigenvalue weighted by atomic mass is 16.7. The molecule has 2 heterocycles. The van der Waals surface area contributed by atoms with Gasteiger partial charge in [0.1, 0.15) is 11.3 Å². The topological polar surface area (TPSA) is 57.9 Å². The molecule has 5 heteroatoms. The number of ether oxygens (including phenoxy) is 3. The van der Waals surface area contributed by atoms with E-state index >= 15 is 0 Å². The third-order valence-electron chi connectivity index (χ3n) is 4.17. The highest BCUT2D eigenvalue weighted by molar-refractivity contribution is 6.04. The van der Waals surface area contributed by atoms with Gasteiger partial charge in [0.25, 0.3) is 0 Å². The third kappa shape index (κ3) is 2.48. The van der Waals surface area contributed by atoms with Crippen molar-refractivity contribution in [1.29, 1.82) is 0 Å². The Balaban J connectivity index is 1.54. The zero-order valence-corrected chi connectivity index (χ0v) is 13.2. The fourth-order valence-electron chi connectivity index (χ4n) is 2.95. The maximum absolute atomic E-state index is 12.6. The van der Waals surface area contributed by atoms with Crippen molar-refractivity contribution in [3.05, 3.63) is 53.8 Å². The lowest BCUT2D eigenvalue weighted by atomic mass is 10.0. The molecule has 0 atom stereocenters. The summed E-state index contributed by atoms with van der Waals surface area (Å²) in [5.41, 5.74) is 2.32. The summed E-state index contributed by atoms with van der Waals surface area (Å²) < 4.78 is 21.4. The van der Waals surface area contributed by atoms with Crippen molar-refractivity contribution >= 4 is 16.8 Å². The van der Waals surface area contributed by atoms with E-state index in [4.69, 9.17) is 18.6 Å². The SMILES string of the molecule is COc1c(C(=O)CCc2ccc3c(c2)OCO3)ccc2occc12. The number of furan rings is 1. The van der Waals surface area contributed by atoms with Crippen LogP contribution in [0.15, 0.2) is 47.1 Å². The second kappa shape index (κ2) is 5.92. The van der Waals surface area contributed by atoms with E-state index in [9.17, 15) is 4.79 Å². The summed E-state index contributed by atoms with van der Waals surface area (Å²) in [6.45, 7) is 0.250. The fourth-order valence-corrected chi connectivity index (χ4v) is 2.95. The van der Waals surface area contributed by atoms with Crippen LogP contribution in [-0.4, -0.2) is 19.7 Å². The van der Waals surface area contributed by atoms with Gasteiger partial charge in [-0.1, -0.05) is 6.07 Å². The summed E-state index contributed by atoms with van der Waals surface area (Å²) in [5.74, 6) is 2.08. The summed E-state index contributed by atoms with van der Waals surface area (Å²) in [6, 6.07) is 11.1. The minimum absolute atomic E-state index is 0.0348. The minimum Gasteiger partial charge on any atom is -0.495 e. The standard InChI is InChI=1S/C19H16O5/c1-21-19-13(4-7-16-14(19)8-9-22-16)15(20)5-2-12-3-6-17-18(10-12)24-11-23-17/h3-4,6-10H,2,5,11H2,1H3. The molecule has 0 fully saturated rings. The molecule has 0 aliphatic carbocycles. The van der Waals surface area contributed by atoms with E-state index in [1.807, 2.05) is 24.3 Å². The minimum atomic E-state index is 0.0348. The highest BCUT2D eigenvalue weighted by Crippen LogP contribution is 2.34. The molecular weight excluding hydrogens is 308 g/mol. The normalized spacial score (nSPS) is 12.5. The molecule has 1 aromatic heterocycles. The molecule has 0 bridgehead atoms. The molecule has 0 radical (unpaired) electrons. The number of benzene rings is 2. The number of hydrogen-bond acceptors (Lipinski definition) is 5. The van der Waals surface area contributed by atoms with E-state index in [0.29, 0.717) is 29.7 Å². The van der Waals surface area contributed by atoms with E-state index in [-0.39, 0.29) is 12.6 Å². The molecule has 122 valence electrons. The molecule has 0 unspecified atom stereocenters. The molecule has 0 saturated carbocycles. The highest BCUT2D eigenvalue weighted by Gasteiger charge is 2.18. The molecule has 24 heavy (non-hydrogen) atoms. The van der Waals surface area contributed by atoms with Gasteiger partial charge in [0.2, 0.25) is 6.79 Å². The molecule has 1 aliphatic heterocycles. The molecule has 0 saturated heterocycles. The van der Waals surface area contributed by atoms with Crippen molar-refractivity contribution < 1.29 is 23.4 Å². The number of hydrogen-bond donors (Lipinski definition) is 0. The van der Waals surface area contributed by atoms with Crippen LogP contribution < -0.4 is 14.2 Å². The van der Waals surface area contributed by atoms with Gasteiger partial charge >= 0.3 is 0 Å². The zero-order chi connectivity index (χ0) is 16.5. The Morgan fingerprint density at radius 1 is 1.12 bits per heavy atom. The maximum atomic E-state index is 12.6. The van der Waals surface area contributed by atoms with Crippen molar-refractivity contribution in [2.24, 2.45) is 0 Å². The number of ketones is 1. The number of aryl methyl sites for hydroxylation is 1. The van der Waals surface area contributed by atoms with Crippen LogP contribution in [0.25, 0.3) is 11.0 Å². The first-order valence-electron chi connectivity index (χ1n) is 7.72. The zero-order valence-electron chi connectivity index (χ0n) is 13.2. The van der Waals surface area contributed by atoms with Crippen molar-refractivity contribution in [1.82, 2.24) is 0 Å². The van der Waals surface area contributed by atoms with E-state index < -0.39 is 0 Å². The Labute approximate surface area is 138 Å². The molecule has 2 aromatic carbocycles. The smallest absolute Gasteiger partial charge is 0.231 e. The van der Waals surface area contributed by atoms with Gasteiger partial charge in [-0.15, -0.1) is 0 Å². The Bertz CT molecular complexity index is 909. The van der Waals surface area contributed by atoms with Gasteiger partial charge in [-0.2, -0.15) is 0 Å².